The quantitative estimate of drug-likeness (QED) is 0.251. The summed E-state index contributed by atoms with van der Waals surface area (Å²) in [4.78, 5) is 35.9. The smallest absolute Gasteiger partial charge is 0.309 e. The number of aliphatic hydroxyl groups is 1. The van der Waals surface area contributed by atoms with Gasteiger partial charge in [-0.3, -0.25) is 14.4 Å². The van der Waals surface area contributed by atoms with Crippen LogP contribution in [-0.2, 0) is 21.0 Å². The molecule has 1 aromatic carbocycles. The van der Waals surface area contributed by atoms with Gasteiger partial charge in [0.2, 0.25) is 5.91 Å². The first kappa shape index (κ1) is 28.1. The number of carboxylic acids is 2. The zero-order valence-electron chi connectivity index (χ0n) is 21.7. The Labute approximate surface area is 226 Å². The van der Waals surface area contributed by atoms with E-state index in [1.807, 2.05) is 0 Å². The molecule has 0 spiro atoms. The molecule has 1 aromatic heterocycles. The Hall–Kier alpha value is -2.91. The summed E-state index contributed by atoms with van der Waals surface area (Å²) in [6, 6.07) is 4.88. The second-order valence-electron chi connectivity index (χ2n) is 11.4. The van der Waals surface area contributed by atoms with Crippen molar-refractivity contribution in [3.8, 4) is 0 Å². The molecule has 1 atom stereocenters. The molecule has 2 aromatic rings. The molecule has 0 saturated heterocycles. The number of hydrogen-bond acceptors (Lipinski definition) is 6. The van der Waals surface area contributed by atoms with E-state index in [1.54, 1.807) is 32.0 Å². The predicted molar refractivity (Wildman–Crippen MR) is 140 cm³/mol. The van der Waals surface area contributed by atoms with Crippen molar-refractivity contribution in [1.82, 2.24) is 5.16 Å². The van der Waals surface area contributed by atoms with E-state index in [9.17, 15) is 29.7 Å². The van der Waals surface area contributed by atoms with Gasteiger partial charge in [0.1, 0.15) is 5.76 Å². The van der Waals surface area contributed by atoms with E-state index in [1.165, 1.54) is 0 Å². The van der Waals surface area contributed by atoms with Gasteiger partial charge >= 0.3 is 11.9 Å². The number of aliphatic carboxylic acids is 2. The number of aliphatic hydroxyl groups excluding tert-OH is 1. The summed E-state index contributed by atoms with van der Waals surface area (Å²) in [6.07, 6.45) is 4.40. The van der Waals surface area contributed by atoms with Gasteiger partial charge in [-0.2, -0.15) is 0 Å². The number of nitrogens with one attached hydrogen (secondary N) is 1. The standard InChI is InChI=1S/C28H35ClN2O7/c1-28(2,27(36)37)13-16-9-19(10-16)26-24(17-4-5-17)25(31-38-26)18(6-8-23(34)35)12-22(33)30-21-7-3-15(14-32)11-20(21)29/h3,7,11,16-19,32H,4-6,8-10,12-14H2,1-2H3,(H,30,33)(H,34,35)(H,36,37)/t16-,18-,19+/m0/s1. The molecular weight excluding hydrogens is 512 g/mol. The van der Waals surface area contributed by atoms with Crippen LogP contribution in [0.25, 0.3) is 0 Å². The Balaban J connectivity index is 1.50. The number of rotatable bonds is 13. The average Bonchev–Trinajstić information content (AvgIpc) is 3.58. The summed E-state index contributed by atoms with van der Waals surface area (Å²) >= 11 is 6.25. The largest absolute Gasteiger partial charge is 0.481 e. The summed E-state index contributed by atoms with van der Waals surface area (Å²) < 4.78 is 5.87. The highest BCUT2D eigenvalue weighted by molar-refractivity contribution is 6.33. The van der Waals surface area contributed by atoms with E-state index in [4.69, 9.17) is 16.1 Å². The number of nitrogens with zero attached hydrogens (tertiary/aromatic N) is 1. The van der Waals surface area contributed by atoms with Crippen LogP contribution in [-0.4, -0.2) is 38.3 Å². The van der Waals surface area contributed by atoms with E-state index in [0.29, 0.717) is 34.3 Å². The number of halogens is 1. The molecule has 1 amide bonds. The van der Waals surface area contributed by atoms with E-state index in [0.717, 1.165) is 37.0 Å². The first-order chi connectivity index (χ1) is 18.0. The SMILES string of the molecule is CC(C)(C[C@H]1C[C@@H](c2onc([C@@H](CCC(=O)O)CC(=O)Nc3ccc(CO)cc3Cl)c2C2CC2)C1)C(=O)O. The fourth-order valence-corrected chi connectivity index (χ4v) is 5.69. The summed E-state index contributed by atoms with van der Waals surface area (Å²) in [7, 11) is 0. The fourth-order valence-electron chi connectivity index (χ4n) is 5.44. The number of amides is 1. The first-order valence-electron chi connectivity index (χ1n) is 13.1. The molecule has 4 rings (SSSR count). The molecule has 4 N–H and O–H groups in total. The molecule has 0 bridgehead atoms. The maximum atomic E-state index is 13.0. The highest BCUT2D eigenvalue weighted by Crippen LogP contribution is 2.53. The third kappa shape index (κ3) is 6.56. The Bertz CT molecular complexity index is 1200. The normalized spacial score (nSPS) is 20.0. The van der Waals surface area contributed by atoms with Crippen LogP contribution in [0.5, 0.6) is 0 Å². The molecule has 2 fully saturated rings. The van der Waals surface area contributed by atoms with E-state index < -0.39 is 23.3 Å². The van der Waals surface area contributed by atoms with Crippen LogP contribution in [0.15, 0.2) is 22.7 Å². The van der Waals surface area contributed by atoms with Crippen LogP contribution >= 0.6 is 11.6 Å². The topological polar surface area (TPSA) is 150 Å². The van der Waals surface area contributed by atoms with Crippen LogP contribution < -0.4 is 5.32 Å². The summed E-state index contributed by atoms with van der Waals surface area (Å²) in [5.41, 5.74) is 1.94. The lowest BCUT2D eigenvalue weighted by Crippen LogP contribution is -2.32. The Kier molecular flexibility index (Phi) is 8.47. The number of aromatic nitrogens is 1. The molecule has 0 radical (unpaired) electrons. The van der Waals surface area contributed by atoms with Gasteiger partial charge in [0.05, 0.1) is 28.4 Å². The van der Waals surface area contributed by atoms with Gasteiger partial charge in [0.15, 0.2) is 0 Å². The van der Waals surface area contributed by atoms with Crippen LogP contribution in [0, 0.1) is 11.3 Å². The zero-order valence-corrected chi connectivity index (χ0v) is 22.5. The Morgan fingerprint density at radius 2 is 1.89 bits per heavy atom. The summed E-state index contributed by atoms with van der Waals surface area (Å²) in [6.45, 7) is 3.33. The van der Waals surface area contributed by atoms with Crippen LogP contribution in [0.2, 0.25) is 5.02 Å². The van der Waals surface area contributed by atoms with Crippen molar-refractivity contribution in [2.24, 2.45) is 11.3 Å². The number of carbonyl (C=O) groups is 3. The molecule has 10 heteroatoms. The van der Waals surface area contributed by atoms with Crippen molar-refractivity contribution in [1.29, 1.82) is 0 Å². The molecule has 2 aliphatic rings. The third-order valence-corrected chi connectivity index (χ3v) is 8.08. The minimum absolute atomic E-state index is 0.0249. The van der Waals surface area contributed by atoms with E-state index in [2.05, 4.69) is 10.5 Å². The lowest BCUT2D eigenvalue weighted by Gasteiger charge is -2.37. The number of carboxylic acid groups (broad SMARTS) is 2. The van der Waals surface area contributed by atoms with E-state index in [-0.39, 0.29) is 43.6 Å². The second-order valence-corrected chi connectivity index (χ2v) is 11.8. The molecule has 2 saturated carbocycles. The van der Waals surface area contributed by atoms with Gasteiger partial charge in [-0.1, -0.05) is 22.8 Å². The highest BCUT2D eigenvalue weighted by atomic mass is 35.5. The molecule has 9 nitrogen and oxygen atoms in total. The van der Waals surface area contributed by atoms with Crippen LogP contribution in [0.3, 0.4) is 0 Å². The summed E-state index contributed by atoms with van der Waals surface area (Å²) in [5.74, 6) is -0.945. The number of hydrogen-bond donors (Lipinski definition) is 4. The number of carbonyl (C=O) groups excluding carboxylic acids is 1. The van der Waals surface area contributed by atoms with Gasteiger partial charge in [0.25, 0.3) is 0 Å². The van der Waals surface area contributed by atoms with Gasteiger partial charge in [-0.05, 0) is 81.9 Å². The van der Waals surface area contributed by atoms with Crippen molar-refractivity contribution in [2.45, 2.75) is 89.6 Å². The molecular formula is C28H35ClN2O7. The zero-order chi connectivity index (χ0) is 27.6. The van der Waals surface area contributed by atoms with Gasteiger partial charge in [-0.15, -0.1) is 0 Å². The third-order valence-electron chi connectivity index (χ3n) is 7.77. The highest BCUT2D eigenvalue weighted by Gasteiger charge is 2.43. The van der Waals surface area contributed by atoms with Crippen LogP contribution in [0.4, 0.5) is 5.69 Å². The molecule has 1 heterocycles. The number of benzene rings is 1. The molecule has 0 aliphatic heterocycles. The predicted octanol–water partition coefficient (Wildman–Crippen LogP) is 5.67. The van der Waals surface area contributed by atoms with Crippen molar-refractivity contribution in [3.05, 3.63) is 45.8 Å². The molecule has 0 unspecified atom stereocenters. The van der Waals surface area contributed by atoms with Crippen molar-refractivity contribution in [3.63, 3.8) is 0 Å². The minimum atomic E-state index is -0.947. The summed E-state index contributed by atoms with van der Waals surface area (Å²) in [5, 5.41) is 35.6. The van der Waals surface area contributed by atoms with Gasteiger partial charge in [-0.25, -0.2) is 0 Å². The molecule has 2 aliphatic carbocycles. The minimum Gasteiger partial charge on any atom is -0.481 e. The monoisotopic (exact) mass is 546 g/mol. The second kappa shape index (κ2) is 11.5. The van der Waals surface area contributed by atoms with Gasteiger partial charge in [0, 0.05) is 30.2 Å². The average molecular weight is 547 g/mol. The van der Waals surface area contributed by atoms with E-state index >= 15 is 0 Å². The van der Waals surface area contributed by atoms with Crippen molar-refractivity contribution >= 4 is 35.1 Å². The first-order valence-corrected chi connectivity index (χ1v) is 13.5. The molecule has 206 valence electrons. The molecule has 38 heavy (non-hydrogen) atoms. The van der Waals surface area contributed by atoms with Gasteiger partial charge < -0.3 is 25.2 Å². The number of anilines is 1. The fraction of sp³-hybridized carbons (Fsp3) is 0.571. The lowest BCUT2D eigenvalue weighted by molar-refractivity contribution is -0.148. The maximum Gasteiger partial charge on any atom is 0.309 e. The van der Waals surface area contributed by atoms with Crippen molar-refractivity contribution < 1.29 is 34.2 Å². The van der Waals surface area contributed by atoms with Crippen molar-refractivity contribution in [2.75, 3.05) is 5.32 Å². The van der Waals surface area contributed by atoms with Crippen LogP contribution in [0.1, 0.15) is 106 Å². The lowest BCUT2D eigenvalue weighted by atomic mass is 9.66. The maximum absolute atomic E-state index is 13.0. The Morgan fingerprint density at radius 3 is 2.47 bits per heavy atom. The Morgan fingerprint density at radius 1 is 1.18 bits per heavy atom.